The molecule has 0 saturated heterocycles. The molecule has 34 heavy (non-hydrogen) atoms. The zero-order chi connectivity index (χ0) is 24.3. The Hall–Kier alpha value is -3.78. The molecule has 2 aromatic carbocycles. The quantitative estimate of drug-likeness (QED) is 0.390. The predicted octanol–water partition coefficient (Wildman–Crippen LogP) is 4.13. The van der Waals surface area contributed by atoms with Crippen LogP contribution in [0, 0.1) is 0 Å². The van der Waals surface area contributed by atoms with Gasteiger partial charge in [0.15, 0.2) is 11.2 Å². The predicted molar refractivity (Wildman–Crippen MR) is 134 cm³/mol. The average molecular weight is 478 g/mol. The second-order valence-electron chi connectivity index (χ2n) is 8.61. The molecule has 0 atom stereocenters. The van der Waals surface area contributed by atoms with Crippen LogP contribution in [0.4, 0.5) is 0 Å². The van der Waals surface area contributed by atoms with Crippen molar-refractivity contribution in [1.82, 2.24) is 23.1 Å². The van der Waals surface area contributed by atoms with Crippen molar-refractivity contribution < 1.29 is 4.74 Å². The van der Waals surface area contributed by atoms with Gasteiger partial charge in [-0.25, -0.2) is 4.79 Å². The van der Waals surface area contributed by atoms with Gasteiger partial charge in [-0.05, 0) is 41.8 Å². The zero-order valence-corrected chi connectivity index (χ0v) is 20.3. The minimum Gasteiger partial charge on any atom is -0.495 e. The molecule has 0 bridgehead atoms. The van der Waals surface area contributed by atoms with E-state index in [9.17, 15) is 9.59 Å². The van der Waals surface area contributed by atoms with Gasteiger partial charge in [0.05, 0.1) is 17.8 Å². The van der Waals surface area contributed by atoms with Gasteiger partial charge >= 0.3 is 5.69 Å². The van der Waals surface area contributed by atoms with Gasteiger partial charge in [0.1, 0.15) is 5.75 Å². The summed E-state index contributed by atoms with van der Waals surface area (Å²) >= 11 is 6.44. The highest BCUT2D eigenvalue weighted by atomic mass is 35.5. The third-order valence-electron chi connectivity index (χ3n) is 6.23. The molecule has 8 nitrogen and oxygen atoms in total. The van der Waals surface area contributed by atoms with Gasteiger partial charge in [0.2, 0.25) is 5.78 Å². The Morgan fingerprint density at radius 2 is 1.71 bits per heavy atom. The van der Waals surface area contributed by atoms with Crippen molar-refractivity contribution in [3.63, 3.8) is 0 Å². The lowest BCUT2D eigenvalue weighted by Crippen LogP contribution is -2.37. The van der Waals surface area contributed by atoms with Gasteiger partial charge in [0, 0.05) is 31.5 Å². The first kappa shape index (κ1) is 22.0. The fraction of sp³-hybridized carbons (Fsp3) is 0.240. The SMILES string of the molecule is COc1ccc(-c2cn3c4c(=O)n(C)c(=O)n(C)c4nc3n2-c2ccc(C(C)C)cc2)cc1Cl. The molecule has 0 saturated carbocycles. The summed E-state index contributed by atoms with van der Waals surface area (Å²) in [6.45, 7) is 4.29. The first-order valence-electron chi connectivity index (χ1n) is 10.9. The van der Waals surface area contributed by atoms with E-state index >= 15 is 0 Å². The molecule has 0 N–H and O–H groups in total. The van der Waals surface area contributed by atoms with Gasteiger partial charge < -0.3 is 4.74 Å². The van der Waals surface area contributed by atoms with Crippen LogP contribution in [0.3, 0.4) is 0 Å². The Kier molecular flexibility index (Phi) is 5.13. The number of halogens is 1. The van der Waals surface area contributed by atoms with Crippen molar-refractivity contribution in [1.29, 1.82) is 0 Å². The van der Waals surface area contributed by atoms with E-state index in [4.69, 9.17) is 21.3 Å². The summed E-state index contributed by atoms with van der Waals surface area (Å²) in [5, 5.41) is 0.476. The molecular weight excluding hydrogens is 454 g/mol. The van der Waals surface area contributed by atoms with E-state index in [1.165, 1.54) is 17.2 Å². The Bertz CT molecular complexity index is 1690. The molecule has 174 valence electrons. The lowest BCUT2D eigenvalue weighted by molar-refractivity contribution is 0.415. The van der Waals surface area contributed by atoms with Crippen LogP contribution < -0.4 is 16.0 Å². The lowest BCUT2D eigenvalue weighted by atomic mass is 10.0. The highest BCUT2D eigenvalue weighted by Crippen LogP contribution is 2.34. The maximum atomic E-state index is 13.1. The van der Waals surface area contributed by atoms with Crippen LogP contribution in [0.25, 0.3) is 33.9 Å². The number of aryl methyl sites for hydroxylation is 1. The molecule has 9 heteroatoms. The fourth-order valence-electron chi connectivity index (χ4n) is 4.26. The number of aromatic nitrogens is 5. The summed E-state index contributed by atoms with van der Waals surface area (Å²) in [5.41, 5.74) is 3.55. The second kappa shape index (κ2) is 7.92. The highest BCUT2D eigenvalue weighted by Gasteiger charge is 2.22. The van der Waals surface area contributed by atoms with Gasteiger partial charge in [-0.15, -0.1) is 0 Å². The van der Waals surface area contributed by atoms with Gasteiger partial charge in [0.25, 0.3) is 5.56 Å². The number of hydrogen-bond acceptors (Lipinski definition) is 4. The van der Waals surface area contributed by atoms with E-state index in [0.717, 1.165) is 21.5 Å². The fourth-order valence-corrected chi connectivity index (χ4v) is 4.52. The Morgan fingerprint density at radius 1 is 1.00 bits per heavy atom. The summed E-state index contributed by atoms with van der Waals surface area (Å²) < 4.78 is 11.5. The van der Waals surface area contributed by atoms with Crippen LogP contribution >= 0.6 is 11.6 Å². The second-order valence-corrected chi connectivity index (χ2v) is 9.01. The summed E-state index contributed by atoms with van der Waals surface area (Å²) in [7, 11) is 4.65. The Labute approximate surface area is 200 Å². The Morgan fingerprint density at radius 3 is 2.32 bits per heavy atom. The Balaban J connectivity index is 1.89. The van der Waals surface area contributed by atoms with Crippen molar-refractivity contribution in [2.75, 3.05) is 7.11 Å². The topological polar surface area (TPSA) is 75.5 Å². The van der Waals surface area contributed by atoms with Crippen LogP contribution in [0.15, 0.2) is 58.3 Å². The third-order valence-corrected chi connectivity index (χ3v) is 6.53. The molecule has 3 aromatic heterocycles. The number of hydrogen-bond donors (Lipinski definition) is 0. The molecule has 5 aromatic rings. The molecule has 0 unspecified atom stereocenters. The van der Waals surface area contributed by atoms with E-state index in [1.807, 2.05) is 35.0 Å². The molecule has 0 aliphatic heterocycles. The summed E-state index contributed by atoms with van der Waals surface area (Å²) in [4.78, 5) is 30.3. The van der Waals surface area contributed by atoms with Crippen LogP contribution in [0.2, 0.25) is 5.02 Å². The van der Waals surface area contributed by atoms with Crippen molar-refractivity contribution in [2.24, 2.45) is 14.1 Å². The van der Waals surface area contributed by atoms with Crippen LogP contribution in [-0.4, -0.2) is 30.2 Å². The van der Waals surface area contributed by atoms with E-state index < -0.39 is 11.2 Å². The molecule has 3 heterocycles. The maximum Gasteiger partial charge on any atom is 0.332 e. The van der Waals surface area contributed by atoms with Crippen LogP contribution in [-0.2, 0) is 14.1 Å². The summed E-state index contributed by atoms with van der Waals surface area (Å²) in [6.07, 6.45) is 1.85. The molecule has 0 spiro atoms. The average Bonchev–Trinajstić information content (AvgIpc) is 3.38. The molecule has 0 aliphatic carbocycles. The van der Waals surface area contributed by atoms with E-state index in [1.54, 1.807) is 24.6 Å². The monoisotopic (exact) mass is 477 g/mol. The number of benzene rings is 2. The first-order valence-corrected chi connectivity index (χ1v) is 11.2. The minimum absolute atomic E-state index is 0.329. The van der Waals surface area contributed by atoms with Crippen molar-refractivity contribution >= 4 is 28.5 Å². The van der Waals surface area contributed by atoms with E-state index in [-0.39, 0.29) is 0 Å². The van der Waals surface area contributed by atoms with E-state index in [0.29, 0.717) is 33.6 Å². The van der Waals surface area contributed by atoms with Crippen molar-refractivity contribution in [3.8, 4) is 22.7 Å². The maximum absolute atomic E-state index is 13.1. The van der Waals surface area contributed by atoms with Gasteiger partial charge in [-0.3, -0.25) is 22.9 Å². The number of nitrogens with zero attached hydrogens (tertiary/aromatic N) is 5. The van der Waals surface area contributed by atoms with Gasteiger partial charge in [-0.2, -0.15) is 4.98 Å². The number of methoxy groups -OCH3 is 1. The number of fused-ring (bicyclic) bond motifs is 3. The molecule has 0 radical (unpaired) electrons. The number of imidazole rings is 2. The zero-order valence-electron chi connectivity index (χ0n) is 19.5. The largest absolute Gasteiger partial charge is 0.495 e. The lowest BCUT2D eigenvalue weighted by Gasteiger charge is -2.12. The molecular formula is C25H24ClN5O3. The highest BCUT2D eigenvalue weighted by molar-refractivity contribution is 6.32. The first-order chi connectivity index (χ1) is 16.2. The smallest absolute Gasteiger partial charge is 0.332 e. The molecule has 0 fully saturated rings. The van der Waals surface area contributed by atoms with Crippen LogP contribution in [0.1, 0.15) is 25.3 Å². The number of rotatable bonds is 4. The molecule has 0 amide bonds. The standard InChI is InChI=1S/C25H24ClN5O3/c1-14(2)15-6-9-17(10-7-15)31-19(16-8-11-20(34-5)18(26)12-16)13-30-21-22(27-24(30)31)28(3)25(33)29(4)23(21)32/h6-14H,1-5H3. The third kappa shape index (κ3) is 3.17. The normalized spacial score (nSPS) is 11.7. The van der Waals surface area contributed by atoms with Crippen LogP contribution in [0.5, 0.6) is 5.75 Å². The molecule has 5 rings (SSSR count). The number of ether oxygens (including phenoxy) is 1. The minimum atomic E-state index is -0.423. The summed E-state index contributed by atoms with van der Waals surface area (Å²) in [6, 6.07) is 13.8. The van der Waals surface area contributed by atoms with Crippen molar-refractivity contribution in [3.05, 3.63) is 80.1 Å². The summed E-state index contributed by atoms with van der Waals surface area (Å²) in [5.74, 6) is 1.49. The van der Waals surface area contributed by atoms with Crippen molar-refractivity contribution in [2.45, 2.75) is 19.8 Å². The van der Waals surface area contributed by atoms with E-state index in [2.05, 4.69) is 26.0 Å². The molecule has 0 aliphatic rings. The van der Waals surface area contributed by atoms with Gasteiger partial charge in [-0.1, -0.05) is 37.6 Å².